The van der Waals surface area contributed by atoms with Gasteiger partial charge in [0.2, 0.25) is 100 Å². The van der Waals surface area contributed by atoms with Crippen molar-refractivity contribution in [2.45, 2.75) is 254 Å². The fourth-order valence-corrected chi connectivity index (χ4v) is 15.0. The van der Waals surface area contributed by atoms with Crippen molar-refractivity contribution in [1.82, 2.24) is 83.9 Å². The number of aliphatic hydroxyl groups excluding tert-OH is 2. The molecule has 2 saturated heterocycles. The summed E-state index contributed by atoms with van der Waals surface area (Å²) in [7, 11) is 0. The van der Waals surface area contributed by atoms with Crippen LogP contribution in [-0.4, -0.2) is 309 Å². The van der Waals surface area contributed by atoms with Crippen molar-refractivity contribution < 1.29 is 141 Å². The van der Waals surface area contributed by atoms with Gasteiger partial charge in [0.25, 0.3) is 0 Å². The normalized spacial score (nSPS) is 16.9. The van der Waals surface area contributed by atoms with Crippen LogP contribution in [0.1, 0.15) is 155 Å². The number of amides is 17. The van der Waals surface area contributed by atoms with Crippen LogP contribution in [-0.2, 0) is 118 Å². The number of nitrogens with zero attached hydrogens (tertiary/aromatic N) is 2. The molecule has 2 fully saturated rings. The van der Waals surface area contributed by atoms with Gasteiger partial charge in [0, 0.05) is 69.2 Å². The molecule has 2 aliphatic heterocycles. The highest BCUT2D eigenvalue weighted by Crippen LogP contribution is 2.24. The van der Waals surface area contributed by atoms with Gasteiger partial charge in [0.1, 0.15) is 90.6 Å². The van der Waals surface area contributed by atoms with Crippen molar-refractivity contribution in [2.75, 3.05) is 31.7 Å². The Morgan fingerprint density at radius 1 is 0.450 bits per heavy atom. The smallest absolute Gasteiger partial charge is 0.305 e. The molecular weight excluding hydrogens is 1750 g/mol. The van der Waals surface area contributed by atoms with Crippen LogP contribution in [0, 0.1) is 11.8 Å². The predicted octanol–water partition coefficient (Wildman–Crippen LogP) is -5.62. The van der Waals surface area contributed by atoms with E-state index in [1.165, 1.54) is 50.9 Å². The molecule has 17 atom stereocenters. The zero-order chi connectivity index (χ0) is 97.8. The Kier molecular flexibility index (Phi) is 43.7. The number of carbonyl (C=O) groups excluding carboxylic acids is 17. The zero-order valence-corrected chi connectivity index (χ0v) is 74.1. The molecule has 3 heterocycles. The number of nitrogens with one attached hydrogen (secondary N) is 14. The quantitative estimate of drug-likeness (QED) is 0.0251. The summed E-state index contributed by atoms with van der Waals surface area (Å²) in [4.78, 5) is 304. The van der Waals surface area contributed by atoms with Crippen LogP contribution in [0.4, 0.5) is 0 Å². The highest BCUT2D eigenvalue weighted by Gasteiger charge is 2.45. The number of aliphatic hydroxyl groups is 2. The van der Waals surface area contributed by atoms with Crippen LogP contribution in [0.5, 0.6) is 0 Å². The van der Waals surface area contributed by atoms with Gasteiger partial charge >= 0.3 is 29.8 Å². The molecule has 2 aromatic carbocycles. The molecule has 720 valence electrons. The average Bonchev–Trinajstić information content (AvgIpc) is 1.73. The Balaban J connectivity index is 1.42. The molecule has 3 aromatic rings. The second kappa shape index (κ2) is 52.9. The molecule has 48 heteroatoms. The zero-order valence-electron chi connectivity index (χ0n) is 73.3. The fourth-order valence-electron chi connectivity index (χ4n) is 14.5. The first-order valence-electron chi connectivity index (χ1n) is 42.3. The number of likely N-dealkylation sites (tertiary alicyclic amines) is 2. The minimum absolute atomic E-state index is 0.00930. The summed E-state index contributed by atoms with van der Waals surface area (Å²) >= 11 is 1.40. The number of carboxylic acids is 5. The lowest BCUT2D eigenvalue weighted by Gasteiger charge is -2.31. The van der Waals surface area contributed by atoms with E-state index in [4.69, 9.17) is 11.5 Å². The van der Waals surface area contributed by atoms with E-state index in [9.17, 15) is 132 Å². The average molecular weight is 1860 g/mol. The molecule has 5 rings (SSSR count). The number of thioether (sulfide) groups is 1. The number of aromatic nitrogens is 1. The van der Waals surface area contributed by atoms with E-state index in [0.29, 0.717) is 27.8 Å². The maximum atomic E-state index is 15.2. The van der Waals surface area contributed by atoms with E-state index < -0.39 is 310 Å². The third-order valence-electron chi connectivity index (χ3n) is 21.5. The van der Waals surface area contributed by atoms with E-state index in [-0.39, 0.29) is 64.0 Å². The van der Waals surface area contributed by atoms with Crippen LogP contribution in [0.25, 0.3) is 10.9 Å². The Hall–Kier alpha value is -13.4. The summed E-state index contributed by atoms with van der Waals surface area (Å²) in [6.07, 6.45) is -7.26. The lowest BCUT2D eigenvalue weighted by molar-refractivity contribution is -0.146. The van der Waals surface area contributed by atoms with E-state index in [2.05, 4.69) is 74.1 Å². The number of carboxylic acid groups (broad SMARTS) is 5. The van der Waals surface area contributed by atoms with Crippen LogP contribution < -0.4 is 80.6 Å². The highest BCUT2D eigenvalue weighted by atomic mass is 32.2. The molecule has 17 amide bonds. The second-order valence-electron chi connectivity index (χ2n) is 32.3. The lowest BCUT2D eigenvalue weighted by atomic mass is 9.96. The van der Waals surface area contributed by atoms with Gasteiger partial charge in [-0.2, -0.15) is 11.8 Å². The van der Waals surface area contributed by atoms with Gasteiger partial charge in [-0.15, -0.1) is 0 Å². The number of hydrogen-bond acceptors (Lipinski definition) is 25. The third-order valence-corrected chi connectivity index (χ3v) is 22.2. The Bertz CT molecular complexity index is 4630. The number of primary amides is 2. The first kappa shape index (κ1) is 108. The van der Waals surface area contributed by atoms with Crippen LogP contribution in [0.15, 0.2) is 60.8 Å². The first-order valence-corrected chi connectivity index (χ1v) is 43.7. The summed E-state index contributed by atoms with van der Waals surface area (Å²) in [5.41, 5.74) is 12.2. The summed E-state index contributed by atoms with van der Waals surface area (Å²) in [5.74, 6) is -28.3. The van der Waals surface area contributed by atoms with Crippen molar-refractivity contribution >= 4 is 153 Å². The van der Waals surface area contributed by atoms with Crippen molar-refractivity contribution in [2.24, 2.45) is 23.3 Å². The number of aromatic amines is 1. The number of H-pyrrole nitrogens is 1. The third kappa shape index (κ3) is 34.9. The molecule has 0 unspecified atom stereocenters. The largest absolute Gasteiger partial charge is 0.481 e. The Morgan fingerprint density at radius 2 is 0.855 bits per heavy atom. The molecule has 0 spiro atoms. The minimum Gasteiger partial charge on any atom is -0.481 e. The van der Waals surface area contributed by atoms with Crippen LogP contribution in [0.3, 0.4) is 0 Å². The topological polar surface area (TPSA) is 748 Å². The number of nitrogens with two attached hydrogens (primary N) is 2. The summed E-state index contributed by atoms with van der Waals surface area (Å²) in [6.45, 7) is 7.31. The van der Waals surface area contributed by atoms with Gasteiger partial charge in [-0.1, -0.05) is 82.6 Å². The van der Waals surface area contributed by atoms with Crippen molar-refractivity contribution in [1.29, 1.82) is 0 Å². The van der Waals surface area contributed by atoms with Crippen LogP contribution in [0.2, 0.25) is 0 Å². The molecule has 0 bridgehead atoms. The molecule has 1 aromatic heterocycles. The summed E-state index contributed by atoms with van der Waals surface area (Å²) in [6, 6.07) is -12.2. The minimum atomic E-state index is -2.23. The van der Waals surface area contributed by atoms with Gasteiger partial charge < -0.3 is 131 Å². The van der Waals surface area contributed by atoms with Gasteiger partial charge in [0.05, 0.1) is 32.0 Å². The van der Waals surface area contributed by atoms with Gasteiger partial charge in [0.15, 0.2) is 0 Å². The maximum absolute atomic E-state index is 15.2. The lowest BCUT2D eigenvalue weighted by Crippen LogP contribution is -2.62. The van der Waals surface area contributed by atoms with Gasteiger partial charge in [-0.05, 0) is 106 Å². The predicted molar refractivity (Wildman–Crippen MR) is 461 cm³/mol. The number of carbonyl (C=O) groups is 22. The monoisotopic (exact) mass is 1860 g/mol. The SMILES string of the molecule is CC[C@H](C)[C@H](NC(=O)[C@H](CC(=O)O)NC(=O)[C@H](CC(=O)O)NC(=O)[C@@H]1CCCN1C(=O)[C@H](CO)NC(=O)[C@H](CC(C)C)NC(=O)[C@H](CCSC)NC(C)=O)C(=O)N[C@@H](CCC(=O)O)C(=O)N[C@@H](CCC(N)=O)C(=O)N[C@@H](Cc1c[nH]c2ccccc12)C(=O)N[C@@H](Cc1ccccc1)C(=O)N[C@H](C(=O)N[C@@H](CCC(=O)O)C(=O)N[C@@H](CC(=O)O)C(=O)N1CCC[C@H]1C(N)=O)[C@@H](C)O. The Morgan fingerprint density at radius 3 is 1.36 bits per heavy atom. The number of benzene rings is 2. The fraction of sp³-hybridized carbons (Fsp3) is 0.566. The standard InChI is InChI=1S/C83H118N18O29S/c1-8-41(4)67(98-78(125)56(36-65(112)113)94-76(123)55(35-64(110)111)95-79(126)60-21-15-30-101(60)83(130)58(39-102)97-74(121)52(32-40(2)3)91-73(120)51(28-31-131-7)87-43(6)104)80(127)89-49(23-26-62(106)107)70(117)88-48(22-25-61(84)105)71(118)93-54(34-45-38-86-47-19-13-12-18-46(45)47)75(122)92-53(33-44-16-10-9-11-17-44)77(124)99-68(42(5)103)81(128)90-50(24-27-63(108)109)72(119)96-57(37-66(114)115)82(129)100-29-14-20-59(100)69(85)116/h9-13,16-19,38,40-42,48-60,67-68,86,102-103H,8,14-15,20-37,39H2,1-7H3,(H2,84,105)(H2,85,116)(H,87,104)(H,88,117)(H,89,127)(H,90,128)(H,91,120)(H,92,122)(H,93,118)(H,94,123)(H,95,126)(H,96,119)(H,97,121)(H,98,125)(H,99,124)(H,106,107)(H,108,109)(H,110,111)(H,112,113)(H,114,115)/t41-,42+,48-,49-,50-,51-,52-,53-,54-,55-,56-,57-,58-,59-,60-,67-,68-/m0/s1. The first-order chi connectivity index (χ1) is 61.8. The molecule has 25 N–H and O–H groups in total. The van der Waals surface area contributed by atoms with E-state index in [0.717, 1.165) is 16.7 Å². The molecule has 0 saturated carbocycles. The summed E-state index contributed by atoms with van der Waals surface area (Å²) in [5, 5.41) is 102. The summed E-state index contributed by atoms with van der Waals surface area (Å²) < 4.78 is 0. The number of rotatable bonds is 56. The molecular formula is C83H118N18O29S. The second-order valence-corrected chi connectivity index (χ2v) is 33.2. The van der Waals surface area contributed by atoms with Gasteiger partial charge in [-0.3, -0.25) is 105 Å². The van der Waals surface area contributed by atoms with Crippen LogP contribution >= 0.6 is 11.8 Å². The number of aliphatic carboxylic acids is 5. The highest BCUT2D eigenvalue weighted by molar-refractivity contribution is 7.98. The van der Waals surface area contributed by atoms with E-state index in [1.54, 1.807) is 62.6 Å². The number of hydrogen-bond donors (Lipinski definition) is 23. The molecule has 47 nitrogen and oxygen atoms in total. The molecule has 131 heavy (non-hydrogen) atoms. The van der Waals surface area contributed by atoms with E-state index in [1.807, 2.05) is 0 Å². The molecule has 2 aliphatic rings. The maximum Gasteiger partial charge on any atom is 0.305 e. The van der Waals surface area contributed by atoms with Gasteiger partial charge in [-0.25, -0.2) is 0 Å². The molecule has 0 aliphatic carbocycles. The molecule has 0 radical (unpaired) electrons. The number of para-hydroxylation sites is 1. The van der Waals surface area contributed by atoms with Crippen molar-refractivity contribution in [3.8, 4) is 0 Å². The Labute approximate surface area is 755 Å². The van der Waals surface area contributed by atoms with Crippen molar-refractivity contribution in [3.05, 3.63) is 71.9 Å². The van der Waals surface area contributed by atoms with E-state index >= 15 is 9.59 Å². The van der Waals surface area contributed by atoms with Crippen molar-refractivity contribution in [3.63, 3.8) is 0 Å². The number of fused-ring (bicyclic) bond motifs is 1.